The molecule has 0 spiro atoms. The van der Waals surface area contributed by atoms with E-state index in [9.17, 15) is 0 Å². The topological polar surface area (TPSA) is 21.3 Å². The van der Waals surface area contributed by atoms with E-state index < -0.39 is 0 Å². The number of rotatable bonds is 7. The monoisotopic (exact) mass is 241 g/mol. The Kier molecular flexibility index (Phi) is 6.03. The van der Waals surface area contributed by atoms with Gasteiger partial charge in [-0.05, 0) is 25.5 Å². The highest BCUT2D eigenvalue weighted by molar-refractivity contribution is 7.11. The third-order valence-electron chi connectivity index (χ3n) is 2.49. The normalized spacial score (nSPS) is 13.3. The van der Waals surface area contributed by atoms with Crippen LogP contribution in [0.25, 0.3) is 0 Å². The minimum Gasteiger partial charge on any atom is -0.373 e. The Balaban J connectivity index is 2.33. The van der Waals surface area contributed by atoms with E-state index in [1.54, 1.807) is 0 Å². The number of thiophene rings is 1. The van der Waals surface area contributed by atoms with Gasteiger partial charge in [0.25, 0.3) is 0 Å². The number of hydrogen-bond donors (Lipinski definition) is 1. The number of nitrogens with one attached hydrogen (secondary N) is 1. The molecular formula is C13H23NOS. The maximum absolute atomic E-state index is 5.71. The minimum atomic E-state index is 0.360. The van der Waals surface area contributed by atoms with Gasteiger partial charge in [-0.15, -0.1) is 11.3 Å². The first-order valence-corrected chi connectivity index (χ1v) is 6.86. The summed E-state index contributed by atoms with van der Waals surface area (Å²) in [4.78, 5) is 2.71. The van der Waals surface area contributed by atoms with Crippen LogP contribution in [0.5, 0.6) is 0 Å². The standard InChI is InChI=1S/C13H23NOS/c1-5-11(4)15-9-13-7-6-12(16-13)8-14-10(2)3/h6-7,10-11,14H,5,8-9H2,1-4H3. The van der Waals surface area contributed by atoms with Gasteiger partial charge in [0.15, 0.2) is 0 Å². The second-order valence-corrected chi connectivity index (χ2v) is 5.69. The molecule has 1 rings (SSSR count). The van der Waals surface area contributed by atoms with E-state index in [-0.39, 0.29) is 0 Å². The van der Waals surface area contributed by atoms with Crippen LogP contribution in [0, 0.1) is 0 Å². The lowest BCUT2D eigenvalue weighted by Gasteiger charge is -2.08. The lowest BCUT2D eigenvalue weighted by molar-refractivity contribution is 0.0525. The van der Waals surface area contributed by atoms with Crippen LogP contribution in [0.15, 0.2) is 12.1 Å². The van der Waals surface area contributed by atoms with Crippen molar-refractivity contribution in [1.82, 2.24) is 5.32 Å². The summed E-state index contributed by atoms with van der Waals surface area (Å²) in [7, 11) is 0. The van der Waals surface area contributed by atoms with Gasteiger partial charge in [-0.3, -0.25) is 0 Å². The lowest BCUT2D eigenvalue weighted by atomic mass is 10.3. The van der Waals surface area contributed by atoms with Gasteiger partial charge >= 0.3 is 0 Å². The molecule has 1 atom stereocenters. The van der Waals surface area contributed by atoms with E-state index in [2.05, 4.69) is 45.1 Å². The summed E-state index contributed by atoms with van der Waals surface area (Å²) in [5.41, 5.74) is 0. The van der Waals surface area contributed by atoms with E-state index in [0.717, 1.165) is 19.6 Å². The zero-order chi connectivity index (χ0) is 12.0. The second-order valence-electron chi connectivity index (χ2n) is 4.43. The van der Waals surface area contributed by atoms with E-state index in [1.165, 1.54) is 9.75 Å². The van der Waals surface area contributed by atoms with Gasteiger partial charge in [0.2, 0.25) is 0 Å². The van der Waals surface area contributed by atoms with Crippen molar-refractivity contribution in [1.29, 1.82) is 0 Å². The van der Waals surface area contributed by atoms with Gasteiger partial charge in [-0.1, -0.05) is 20.8 Å². The van der Waals surface area contributed by atoms with Crippen molar-refractivity contribution < 1.29 is 4.74 Å². The molecule has 92 valence electrons. The molecule has 0 saturated carbocycles. The van der Waals surface area contributed by atoms with Crippen molar-refractivity contribution in [2.45, 2.75) is 59.4 Å². The quantitative estimate of drug-likeness (QED) is 0.788. The Bertz CT molecular complexity index is 296. The van der Waals surface area contributed by atoms with Crippen LogP contribution in [0.1, 0.15) is 43.9 Å². The molecular weight excluding hydrogens is 218 g/mol. The Labute approximate surface area is 103 Å². The van der Waals surface area contributed by atoms with E-state index in [1.807, 2.05) is 11.3 Å². The molecule has 1 heterocycles. The lowest BCUT2D eigenvalue weighted by Crippen LogP contribution is -2.21. The first kappa shape index (κ1) is 13.7. The predicted molar refractivity (Wildman–Crippen MR) is 70.8 cm³/mol. The summed E-state index contributed by atoms with van der Waals surface area (Å²) in [5.74, 6) is 0. The Morgan fingerprint density at radius 3 is 2.56 bits per heavy atom. The molecule has 0 radical (unpaired) electrons. The molecule has 1 N–H and O–H groups in total. The van der Waals surface area contributed by atoms with Crippen molar-refractivity contribution in [2.75, 3.05) is 0 Å². The fraction of sp³-hybridized carbons (Fsp3) is 0.692. The van der Waals surface area contributed by atoms with Gasteiger partial charge in [0, 0.05) is 22.3 Å². The van der Waals surface area contributed by atoms with Crippen LogP contribution in [0.4, 0.5) is 0 Å². The fourth-order valence-electron chi connectivity index (χ4n) is 1.24. The smallest absolute Gasteiger partial charge is 0.0813 e. The minimum absolute atomic E-state index is 0.360. The number of ether oxygens (including phenoxy) is 1. The molecule has 1 unspecified atom stereocenters. The molecule has 0 aromatic carbocycles. The Morgan fingerprint density at radius 1 is 1.25 bits per heavy atom. The van der Waals surface area contributed by atoms with E-state index in [0.29, 0.717) is 12.1 Å². The van der Waals surface area contributed by atoms with Gasteiger partial charge < -0.3 is 10.1 Å². The van der Waals surface area contributed by atoms with Crippen LogP contribution in [-0.2, 0) is 17.9 Å². The summed E-state index contributed by atoms with van der Waals surface area (Å²) in [6.45, 7) is 10.3. The summed E-state index contributed by atoms with van der Waals surface area (Å²) in [6.07, 6.45) is 1.44. The zero-order valence-electron chi connectivity index (χ0n) is 10.7. The van der Waals surface area contributed by atoms with Crippen molar-refractivity contribution in [3.8, 4) is 0 Å². The third-order valence-corrected chi connectivity index (χ3v) is 3.55. The largest absolute Gasteiger partial charge is 0.373 e. The second kappa shape index (κ2) is 7.05. The summed E-state index contributed by atoms with van der Waals surface area (Å²) < 4.78 is 5.71. The van der Waals surface area contributed by atoms with Gasteiger partial charge in [0.1, 0.15) is 0 Å². The predicted octanol–water partition coefficient (Wildman–Crippen LogP) is 3.56. The molecule has 0 saturated heterocycles. The molecule has 0 amide bonds. The van der Waals surface area contributed by atoms with Crippen LogP contribution in [0.2, 0.25) is 0 Å². The van der Waals surface area contributed by atoms with Crippen molar-refractivity contribution in [3.63, 3.8) is 0 Å². The molecule has 1 aromatic rings. The van der Waals surface area contributed by atoms with E-state index in [4.69, 9.17) is 4.74 Å². The molecule has 0 aliphatic rings. The van der Waals surface area contributed by atoms with Gasteiger partial charge in [0.05, 0.1) is 12.7 Å². The molecule has 0 bridgehead atoms. The molecule has 2 nitrogen and oxygen atoms in total. The van der Waals surface area contributed by atoms with Crippen LogP contribution >= 0.6 is 11.3 Å². The van der Waals surface area contributed by atoms with Crippen molar-refractivity contribution in [2.24, 2.45) is 0 Å². The summed E-state index contributed by atoms with van der Waals surface area (Å²) >= 11 is 1.84. The summed E-state index contributed by atoms with van der Waals surface area (Å²) in [5, 5.41) is 3.42. The fourth-order valence-corrected chi connectivity index (χ4v) is 2.13. The average Bonchev–Trinajstić information content (AvgIpc) is 2.71. The zero-order valence-corrected chi connectivity index (χ0v) is 11.6. The first-order chi connectivity index (χ1) is 7.61. The Hall–Kier alpha value is -0.380. The average molecular weight is 241 g/mol. The van der Waals surface area contributed by atoms with Crippen molar-refractivity contribution in [3.05, 3.63) is 21.9 Å². The molecule has 16 heavy (non-hydrogen) atoms. The molecule has 3 heteroatoms. The van der Waals surface area contributed by atoms with Crippen LogP contribution in [-0.4, -0.2) is 12.1 Å². The van der Waals surface area contributed by atoms with Gasteiger partial charge in [-0.25, -0.2) is 0 Å². The maximum atomic E-state index is 5.71. The van der Waals surface area contributed by atoms with Gasteiger partial charge in [-0.2, -0.15) is 0 Å². The highest BCUT2D eigenvalue weighted by Crippen LogP contribution is 2.18. The summed E-state index contributed by atoms with van der Waals surface area (Å²) in [6, 6.07) is 4.90. The highest BCUT2D eigenvalue weighted by atomic mass is 32.1. The van der Waals surface area contributed by atoms with E-state index >= 15 is 0 Å². The highest BCUT2D eigenvalue weighted by Gasteiger charge is 2.03. The van der Waals surface area contributed by atoms with Crippen molar-refractivity contribution >= 4 is 11.3 Å². The molecule has 0 fully saturated rings. The van der Waals surface area contributed by atoms with Crippen LogP contribution < -0.4 is 5.32 Å². The maximum Gasteiger partial charge on any atom is 0.0813 e. The first-order valence-electron chi connectivity index (χ1n) is 6.04. The molecule has 1 aromatic heterocycles. The molecule has 0 aliphatic heterocycles. The van der Waals surface area contributed by atoms with Crippen LogP contribution in [0.3, 0.4) is 0 Å². The third kappa shape index (κ3) is 5.10. The Morgan fingerprint density at radius 2 is 1.94 bits per heavy atom. The SMILES string of the molecule is CCC(C)OCc1ccc(CNC(C)C)s1. The number of hydrogen-bond acceptors (Lipinski definition) is 3. The molecule has 0 aliphatic carbocycles.